The van der Waals surface area contributed by atoms with E-state index in [0.29, 0.717) is 17.7 Å². The summed E-state index contributed by atoms with van der Waals surface area (Å²) in [6.07, 6.45) is 0. The topological polar surface area (TPSA) is 170 Å². The molecule has 0 saturated heterocycles. The summed E-state index contributed by atoms with van der Waals surface area (Å²) >= 11 is 0. The average Bonchev–Trinajstić information content (AvgIpc) is 2.75. The monoisotopic (exact) mass is 438 g/mol. The summed E-state index contributed by atoms with van der Waals surface area (Å²) in [5.41, 5.74) is -2.85. The largest absolute Gasteiger partial charge is 0.506 e. The molecule has 0 spiro atoms. The van der Waals surface area contributed by atoms with E-state index in [1.807, 2.05) is 0 Å². The lowest BCUT2D eigenvalue weighted by Crippen LogP contribution is -2.15. The second-order valence-electron chi connectivity index (χ2n) is 6.53. The van der Waals surface area contributed by atoms with Crippen LogP contribution in [0.3, 0.4) is 0 Å². The van der Waals surface area contributed by atoms with Gasteiger partial charge in [0.25, 0.3) is 5.69 Å². The number of phenols is 1. The van der Waals surface area contributed by atoms with Crippen molar-refractivity contribution >= 4 is 39.9 Å². The number of anilines is 3. The van der Waals surface area contributed by atoms with Crippen LogP contribution in [0.15, 0.2) is 60.7 Å². The number of rotatable bonds is 7. The Kier molecular flexibility index (Phi) is 5.78. The van der Waals surface area contributed by atoms with Crippen LogP contribution in [0, 0.1) is 30.3 Å². The lowest BCUT2D eigenvalue weighted by atomic mass is 10.1. The van der Waals surface area contributed by atoms with E-state index in [9.17, 15) is 40.2 Å². The minimum atomic E-state index is -0.980. The molecule has 0 radical (unpaired) electrons. The molecule has 1 N–H and O–H groups in total. The van der Waals surface area contributed by atoms with Gasteiger partial charge in [0, 0.05) is 11.3 Å². The number of aromatic hydroxyl groups is 1. The van der Waals surface area contributed by atoms with Crippen molar-refractivity contribution in [2.24, 2.45) is 0 Å². The van der Waals surface area contributed by atoms with Gasteiger partial charge >= 0.3 is 11.4 Å². The minimum Gasteiger partial charge on any atom is -0.506 e. The first-order chi connectivity index (χ1) is 15.1. The summed E-state index contributed by atoms with van der Waals surface area (Å²) in [5, 5.41) is 45.2. The molecule has 3 aromatic carbocycles. The van der Waals surface area contributed by atoms with E-state index in [1.165, 1.54) is 55.5 Å². The summed E-state index contributed by atoms with van der Waals surface area (Å²) in [4.78, 5) is 44.5. The molecule has 3 rings (SSSR count). The number of ketones is 1. The minimum absolute atomic E-state index is 0.0527. The van der Waals surface area contributed by atoms with Gasteiger partial charge in [-0.1, -0.05) is 12.1 Å². The van der Waals surface area contributed by atoms with Crippen molar-refractivity contribution in [3.63, 3.8) is 0 Å². The highest BCUT2D eigenvalue weighted by atomic mass is 16.6. The number of nitro benzene ring substituents is 3. The number of non-ortho nitro benzene ring substituents is 1. The summed E-state index contributed by atoms with van der Waals surface area (Å²) in [6.45, 7) is 1.34. The molecule has 12 nitrogen and oxygen atoms in total. The average molecular weight is 438 g/mol. The molecule has 0 fully saturated rings. The first-order valence-electron chi connectivity index (χ1n) is 8.92. The molecule has 12 heteroatoms. The fourth-order valence-corrected chi connectivity index (χ4v) is 3.09. The third-order valence-electron chi connectivity index (χ3n) is 4.54. The van der Waals surface area contributed by atoms with Crippen LogP contribution in [0.25, 0.3) is 0 Å². The molecule has 0 amide bonds. The third-order valence-corrected chi connectivity index (χ3v) is 4.54. The molecular weight excluding hydrogens is 424 g/mol. The number of nitro groups is 3. The molecule has 0 heterocycles. The third kappa shape index (κ3) is 4.05. The summed E-state index contributed by atoms with van der Waals surface area (Å²) in [6, 6.07) is 12.4. The number of phenolic OH excluding ortho intramolecular Hbond substituents is 1. The quantitative estimate of drug-likeness (QED) is 0.309. The van der Waals surface area contributed by atoms with Crippen molar-refractivity contribution in [3.8, 4) is 5.75 Å². The van der Waals surface area contributed by atoms with Crippen LogP contribution in [0.5, 0.6) is 5.75 Å². The molecule has 0 saturated carbocycles. The van der Waals surface area contributed by atoms with Gasteiger partial charge in [0.1, 0.15) is 5.75 Å². The maximum Gasteiger partial charge on any atom is 0.307 e. The summed E-state index contributed by atoms with van der Waals surface area (Å²) in [5.74, 6) is -0.608. The van der Waals surface area contributed by atoms with E-state index in [4.69, 9.17) is 0 Å². The van der Waals surface area contributed by atoms with E-state index >= 15 is 0 Å². The van der Waals surface area contributed by atoms with Gasteiger partial charge < -0.3 is 5.11 Å². The number of hydrogen-bond acceptors (Lipinski definition) is 9. The highest BCUT2D eigenvalue weighted by Gasteiger charge is 2.36. The predicted molar refractivity (Wildman–Crippen MR) is 113 cm³/mol. The second kappa shape index (κ2) is 8.47. The summed E-state index contributed by atoms with van der Waals surface area (Å²) < 4.78 is 0. The van der Waals surface area contributed by atoms with E-state index in [1.54, 1.807) is 0 Å². The second-order valence-corrected chi connectivity index (χ2v) is 6.53. The molecule has 0 aliphatic carbocycles. The van der Waals surface area contributed by atoms with Gasteiger partial charge in [-0.2, -0.15) is 0 Å². The van der Waals surface area contributed by atoms with Gasteiger partial charge in [0.05, 0.1) is 32.6 Å². The fraction of sp³-hybridized carbons (Fsp3) is 0.0500. The van der Waals surface area contributed by atoms with Crippen molar-refractivity contribution in [1.29, 1.82) is 0 Å². The first-order valence-corrected chi connectivity index (χ1v) is 8.92. The molecular formula is C20H14N4O8. The number of benzene rings is 3. The standard InChI is InChI=1S/C20H14N4O8/c1-12(25)13-6-8-14(9-7-13)21(16-4-2-3-5-19(16)26)20-17(23(29)30)10-15(22(27)28)11-18(20)24(31)32/h2-11,26H,1H3. The van der Waals surface area contributed by atoms with Crippen LogP contribution in [0.2, 0.25) is 0 Å². The highest BCUT2D eigenvalue weighted by Crippen LogP contribution is 2.49. The number of carbonyl (C=O) groups excluding carboxylic acids is 1. The number of carbonyl (C=O) groups is 1. The van der Waals surface area contributed by atoms with Gasteiger partial charge in [0.2, 0.25) is 5.69 Å². The van der Waals surface area contributed by atoms with Gasteiger partial charge in [-0.3, -0.25) is 40.0 Å². The zero-order chi connectivity index (χ0) is 23.6. The van der Waals surface area contributed by atoms with Crippen molar-refractivity contribution in [1.82, 2.24) is 0 Å². The molecule has 162 valence electrons. The predicted octanol–water partition coefficient (Wildman–Crippen LogP) is 4.79. The Morgan fingerprint density at radius 2 is 1.38 bits per heavy atom. The maximum atomic E-state index is 11.8. The Balaban J connectivity index is 2.43. The van der Waals surface area contributed by atoms with Crippen LogP contribution in [0.4, 0.5) is 34.1 Å². The summed E-state index contributed by atoms with van der Waals surface area (Å²) in [7, 11) is 0. The maximum absolute atomic E-state index is 11.8. The number of Topliss-reactive ketones (excluding diaryl/α,β-unsaturated/α-hetero) is 1. The van der Waals surface area contributed by atoms with Crippen molar-refractivity contribution in [2.75, 3.05) is 4.90 Å². The van der Waals surface area contributed by atoms with Gasteiger partial charge in [-0.05, 0) is 43.3 Å². The van der Waals surface area contributed by atoms with E-state index in [2.05, 4.69) is 0 Å². The molecule has 32 heavy (non-hydrogen) atoms. The van der Waals surface area contributed by atoms with E-state index in [0.717, 1.165) is 4.90 Å². The van der Waals surface area contributed by atoms with Crippen molar-refractivity contribution < 1.29 is 24.7 Å². The van der Waals surface area contributed by atoms with Crippen LogP contribution in [-0.2, 0) is 0 Å². The fourth-order valence-electron chi connectivity index (χ4n) is 3.09. The normalized spacial score (nSPS) is 10.4. The Morgan fingerprint density at radius 1 is 0.844 bits per heavy atom. The van der Waals surface area contributed by atoms with E-state index in [-0.39, 0.29) is 22.9 Å². The number of nitrogens with zero attached hydrogens (tertiary/aromatic N) is 4. The molecule has 3 aromatic rings. The van der Waals surface area contributed by atoms with E-state index < -0.39 is 37.5 Å². The molecule has 0 aliphatic heterocycles. The van der Waals surface area contributed by atoms with Gasteiger partial charge in [-0.25, -0.2) is 0 Å². The Bertz CT molecular complexity index is 1220. The smallest absolute Gasteiger partial charge is 0.307 e. The lowest BCUT2D eigenvalue weighted by molar-refractivity contribution is -0.402. The van der Waals surface area contributed by atoms with Crippen LogP contribution in [-0.4, -0.2) is 25.7 Å². The Hall–Kier alpha value is -4.87. The van der Waals surface area contributed by atoms with Crippen LogP contribution in [0.1, 0.15) is 17.3 Å². The molecule has 0 aromatic heterocycles. The molecule has 0 unspecified atom stereocenters. The lowest BCUT2D eigenvalue weighted by Gasteiger charge is -2.25. The highest BCUT2D eigenvalue weighted by molar-refractivity contribution is 5.95. The zero-order valence-corrected chi connectivity index (χ0v) is 16.4. The van der Waals surface area contributed by atoms with Crippen molar-refractivity contribution in [2.45, 2.75) is 6.92 Å². The molecule has 0 atom stereocenters. The number of para-hydroxylation sites is 2. The van der Waals surface area contributed by atoms with Crippen LogP contribution < -0.4 is 4.90 Å². The first kappa shape index (κ1) is 21.8. The van der Waals surface area contributed by atoms with Gasteiger partial charge in [0.15, 0.2) is 5.78 Å². The zero-order valence-electron chi connectivity index (χ0n) is 16.4. The Labute approximate surface area is 179 Å². The molecule has 0 bridgehead atoms. The Morgan fingerprint density at radius 3 is 1.81 bits per heavy atom. The van der Waals surface area contributed by atoms with Crippen molar-refractivity contribution in [3.05, 3.63) is 96.6 Å². The molecule has 0 aliphatic rings. The number of hydrogen-bond donors (Lipinski definition) is 1. The van der Waals surface area contributed by atoms with Gasteiger partial charge in [-0.15, -0.1) is 0 Å². The van der Waals surface area contributed by atoms with Crippen LogP contribution >= 0.6 is 0 Å². The SMILES string of the molecule is CC(=O)c1ccc(N(c2ccccc2O)c2c([N+](=O)[O-])cc([N+](=O)[O-])cc2[N+](=O)[O-])cc1.